The van der Waals surface area contributed by atoms with Gasteiger partial charge in [-0.2, -0.15) is 0 Å². The molecule has 0 unspecified atom stereocenters. The molecule has 2 N–H and O–H groups in total. The number of carboxylic acids is 1. The van der Waals surface area contributed by atoms with Crippen molar-refractivity contribution in [2.24, 2.45) is 0 Å². The summed E-state index contributed by atoms with van der Waals surface area (Å²) in [5, 5.41) is 18.1. The molecule has 0 bridgehead atoms. The van der Waals surface area contributed by atoms with Crippen molar-refractivity contribution in [2.75, 3.05) is 6.26 Å². The van der Waals surface area contributed by atoms with E-state index in [2.05, 4.69) is 0 Å². The highest BCUT2D eigenvalue weighted by Gasteiger charge is 2.07. The lowest BCUT2D eigenvalue weighted by Gasteiger charge is -2.09. The van der Waals surface area contributed by atoms with E-state index in [4.69, 9.17) is 5.11 Å². The predicted octanol–water partition coefficient (Wildman–Crippen LogP) is 2.44. The summed E-state index contributed by atoms with van der Waals surface area (Å²) in [4.78, 5) is 11.5. The second kappa shape index (κ2) is 5.07. The van der Waals surface area contributed by atoms with Gasteiger partial charge in [0.25, 0.3) is 0 Å². The minimum Gasteiger partial charge on any atom is -0.508 e. The summed E-state index contributed by atoms with van der Waals surface area (Å²) >= 11 is 1.57. The standard InChI is InChI=1S/C11H14O3S/c1-7-5-10(15-2)8(6-9(7)12)3-4-11(13)14/h5-6,12H,3-4H2,1-2H3,(H,13,14). The van der Waals surface area contributed by atoms with Crippen LogP contribution in [0.5, 0.6) is 5.75 Å². The fraction of sp³-hybridized carbons (Fsp3) is 0.364. The monoisotopic (exact) mass is 226 g/mol. The molecular formula is C11H14O3S. The van der Waals surface area contributed by atoms with Crippen molar-refractivity contribution >= 4 is 17.7 Å². The molecule has 0 spiro atoms. The Bertz CT molecular complexity index is 374. The van der Waals surface area contributed by atoms with E-state index in [1.54, 1.807) is 17.8 Å². The van der Waals surface area contributed by atoms with Gasteiger partial charge in [-0.15, -0.1) is 11.8 Å². The van der Waals surface area contributed by atoms with Gasteiger partial charge in [0.1, 0.15) is 5.75 Å². The first-order chi connectivity index (χ1) is 7.04. The van der Waals surface area contributed by atoms with Crippen LogP contribution in [0.2, 0.25) is 0 Å². The minimum atomic E-state index is -0.817. The average molecular weight is 226 g/mol. The highest BCUT2D eigenvalue weighted by molar-refractivity contribution is 7.98. The highest BCUT2D eigenvalue weighted by Crippen LogP contribution is 2.28. The molecule has 1 rings (SSSR count). The summed E-state index contributed by atoms with van der Waals surface area (Å²) in [6.45, 7) is 1.83. The van der Waals surface area contributed by atoms with Gasteiger partial charge in [0.15, 0.2) is 0 Å². The second-order valence-electron chi connectivity index (χ2n) is 3.34. The molecular weight excluding hydrogens is 212 g/mol. The molecule has 3 nitrogen and oxygen atoms in total. The zero-order valence-corrected chi connectivity index (χ0v) is 9.60. The van der Waals surface area contributed by atoms with Crippen LogP contribution < -0.4 is 0 Å². The predicted molar refractivity (Wildman–Crippen MR) is 60.6 cm³/mol. The van der Waals surface area contributed by atoms with Crippen LogP contribution in [-0.2, 0) is 11.2 Å². The molecule has 0 aliphatic rings. The van der Waals surface area contributed by atoms with Gasteiger partial charge >= 0.3 is 5.97 Å². The van der Waals surface area contributed by atoms with E-state index in [-0.39, 0.29) is 12.2 Å². The maximum Gasteiger partial charge on any atom is 0.303 e. The largest absolute Gasteiger partial charge is 0.508 e. The number of thioether (sulfide) groups is 1. The molecule has 1 aromatic rings. The van der Waals surface area contributed by atoms with Gasteiger partial charge in [0.05, 0.1) is 0 Å². The SMILES string of the molecule is CSc1cc(C)c(O)cc1CCC(=O)O. The van der Waals surface area contributed by atoms with Gasteiger partial charge in [-0.1, -0.05) is 0 Å². The van der Waals surface area contributed by atoms with Gasteiger partial charge in [0, 0.05) is 11.3 Å². The smallest absolute Gasteiger partial charge is 0.303 e. The summed E-state index contributed by atoms with van der Waals surface area (Å²) in [5.41, 5.74) is 1.71. The number of aryl methyl sites for hydroxylation is 2. The van der Waals surface area contributed by atoms with Gasteiger partial charge in [-0.25, -0.2) is 0 Å². The van der Waals surface area contributed by atoms with E-state index in [0.29, 0.717) is 6.42 Å². The topological polar surface area (TPSA) is 57.5 Å². The van der Waals surface area contributed by atoms with Crippen LogP contribution in [0.15, 0.2) is 17.0 Å². The molecule has 4 heteroatoms. The Balaban J connectivity index is 2.94. The Kier molecular flexibility index (Phi) is 4.03. The number of carboxylic acid groups (broad SMARTS) is 1. The van der Waals surface area contributed by atoms with Crippen LogP contribution in [0.4, 0.5) is 0 Å². The number of hydrogen-bond donors (Lipinski definition) is 2. The number of phenols is 1. The Morgan fingerprint density at radius 1 is 1.47 bits per heavy atom. The fourth-order valence-electron chi connectivity index (χ4n) is 1.34. The third-order valence-electron chi connectivity index (χ3n) is 2.21. The lowest BCUT2D eigenvalue weighted by atomic mass is 10.1. The Morgan fingerprint density at radius 3 is 2.67 bits per heavy atom. The van der Waals surface area contributed by atoms with E-state index in [1.165, 1.54) is 0 Å². The molecule has 0 heterocycles. The number of hydrogen-bond acceptors (Lipinski definition) is 3. The first kappa shape index (κ1) is 11.9. The lowest BCUT2D eigenvalue weighted by Crippen LogP contribution is -1.99. The zero-order valence-electron chi connectivity index (χ0n) is 8.78. The van der Waals surface area contributed by atoms with Crippen LogP contribution in [0, 0.1) is 6.92 Å². The number of carbonyl (C=O) groups is 1. The summed E-state index contributed by atoms with van der Waals surface area (Å²) < 4.78 is 0. The summed E-state index contributed by atoms with van der Waals surface area (Å²) in [6.07, 6.45) is 2.49. The van der Waals surface area contributed by atoms with Crippen molar-refractivity contribution in [3.05, 3.63) is 23.3 Å². The minimum absolute atomic E-state index is 0.0933. The maximum absolute atomic E-state index is 10.5. The molecule has 0 aliphatic heterocycles. The molecule has 0 amide bonds. The Labute approximate surface area is 93.1 Å². The third kappa shape index (κ3) is 3.16. The van der Waals surface area contributed by atoms with Crippen molar-refractivity contribution < 1.29 is 15.0 Å². The number of phenolic OH excluding ortho intramolecular Hbond substituents is 1. The van der Waals surface area contributed by atoms with Crippen LogP contribution in [0.1, 0.15) is 17.5 Å². The van der Waals surface area contributed by atoms with Crippen molar-refractivity contribution in [3.63, 3.8) is 0 Å². The van der Waals surface area contributed by atoms with Crippen molar-refractivity contribution in [1.29, 1.82) is 0 Å². The number of benzene rings is 1. The molecule has 0 atom stereocenters. The maximum atomic E-state index is 10.5. The Morgan fingerprint density at radius 2 is 2.13 bits per heavy atom. The molecule has 0 aliphatic carbocycles. The van der Waals surface area contributed by atoms with Gasteiger partial charge < -0.3 is 10.2 Å². The number of rotatable bonds is 4. The Hall–Kier alpha value is -1.16. The normalized spacial score (nSPS) is 10.3. The average Bonchev–Trinajstić information content (AvgIpc) is 2.19. The zero-order chi connectivity index (χ0) is 11.4. The fourth-order valence-corrected chi connectivity index (χ4v) is 2.06. The van der Waals surface area contributed by atoms with E-state index < -0.39 is 5.97 Å². The third-order valence-corrected chi connectivity index (χ3v) is 3.03. The molecule has 82 valence electrons. The molecule has 0 saturated heterocycles. The summed E-state index contributed by atoms with van der Waals surface area (Å²) in [5.74, 6) is -0.588. The quantitative estimate of drug-likeness (QED) is 0.774. The molecule has 0 fully saturated rings. The molecule has 0 radical (unpaired) electrons. The number of aromatic hydroxyl groups is 1. The second-order valence-corrected chi connectivity index (χ2v) is 4.19. The molecule has 15 heavy (non-hydrogen) atoms. The van der Waals surface area contributed by atoms with E-state index in [0.717, 1.165) is 16.0 Å². The summed E-state index contributed by atoms with van der Waals surface area (Å²) in [7, 11) is 0. The van der Waals surface area contributed by atoms with E-state index >= 15 is 0 Å². The van der Waals surface area contributed by atoms with Crippen molar-refractivity contribution in [1.82, 2.24) is 0 Å². The van der Waals surface area contributed by atoms with Crippen LogP contribution in [0.3, 0.4) is 0 Å². The van der Waals surface area contributed by atoms with Gasteiger partial charge in [-0.05, 0) is 42.9 Å². The van der Waals surface area contributed by atoms with Crippen LogP contribution >= 0.6 is 11.8 Å². The summed E-state index contributed by atoms with van der Waals surface area (Å²) in [6, 6.07) is 3.54. The molecule has 0 saturated carbocycles. The van der Waals surface area contributed by atoms with Crippen molar-refractivity contribution in [3.8, 4) is 5.75 Å². The van der Waals surface area contributed by atoms with Crippen LogP contribution in [-0.4, -0.2) is 22.4 Å². The number of aliphatic carboxylic acids is 1. The van der Waals surface area contributed by atoms with Crippen molar-refractivity contribution in [2.45, 2.75) is 24.7 Å². The lowest BCUT2D eigenvalue weighted by molar-refractivity contribution is -0.136. The van der Waals surface area contributed by atoms with E-state index in [1.807, 2.05) is 19.2 Å². The van der Waals surface area contributed by atoms with Gasteiger partial charge in [0.2, 0.25) is 0 Å². The van der Waals surface area contributed by atoms with Gasteiger partial charge in [-0.3, -0.25) is 4.79 Å². The highest BCUT2D eigenvalue weighted by atomic mass is 32.2. The first-order valence-electron chi connectivity index (χ1n) is 4.63. The molecule has 1 aromatic carbocycles. The molecule has 0 aromatic heterocycles. The van der Waals surface area contributed by atoms with E-state index in [9.17, 15) is 9.90 Å². The van der Waals surface area contributed by atoms with Crippen LogP contribution in [0.25, 0.3) is 0 Å². The first-order valence-corrected chi connectivity index (χ1v) is 5.85.